The zero-order chi connectivity index (χ0) is 8.69. The lowest BCUT2D eigenvalue weighted by Gasteiger charge is -1.80. The van der Waals surface area contributed by atoms with Gasteiger partial charge in [0, 0.05) is 18.7 Å². The molecule has 2 amide bonds. The van der Waals surface area contributed by atoms with Crippen LogP contribution >= 0.6 is 0 Å². The van der Waals surface area contributed by atoms with E-state index < -0.39 is 0 Å². The van der Waals surface area contributed by atoms with Crippen molar-refractivity contribution in [1.82, 2.24) is 10.8 Å². The van der Waals surface area contributed by atoms with Crippen LogP contribution in [0.3, 0.4) is 0 Å². The van der Waals surface area contributed by atoms with Crippen molar-refractivity contribution in [1.29, 1.82) is 0 Å². The monoisotopic (exact) mass is 158 g/mol. The fourth-order valence-electron chi connectivity index (χ4n) is 0.356. The van der Waals surface area contributed by atoms with Crippen molar-refractivity contribution in [2.75, 3.05) is 6.54 Å². The minimum atomic E-state index is -0.329. The van der Waals surface area contributed by atoms with Gasteiger partial charge in [0.05, 0.1) is 0 Å². The molecule has 0 atom stereocenters. The van der Waals surface area contributed by atoms with Crippen LogP contribution in [-0.4, -0.2) is 23.6 Å². The maximum atomic E-state index is 10.0. The smallest absolute Gasteiger partial charge is 0.250 e. The molecule has 3 N–H and O–H groups in total. The van der Waals surface area contributed by atoms with Gasteiger partial charge in [0.1, 0.15) is 0 Å². The average molecular weight is 158 g/mol. The van der Waals surface area contributed by atoms with Crippen LogP contribution in [-0.2, 0) is 9.59 Å². The molecule has 0 bridgehead atoms. The molecule has 5 nitrogen and oxygen atoms in total. The number of hydrogen-bond acceptors (Lipinski definition) is 4. The molecule has 1 aliphatic heterocycles. The molecule has 11 heavy (non-hydrogen) atoms. The van der Waals surface area contributed by atoms with Crippen molar-refractivity contribution in [3.63, 3.8) is 0 Å². The highest BCUT2D eigenvalue weighted by Crippen LogP contribution is 1.82. The van der Waals surface area contributed by atoms with Gasteiger partial charge in [0.25, 0.3) is 11.8 Å². The first-order chi connectivity index (χ1) is 5.20. The van der Waals surface area contributed by atoms with Crippen LogP contribution in [0, 0.1) is 0 Å². The summed E-state index contributed by atoms with van der Waals surface area (Å²) in [6, 6.07) is 0. The van der Waals surface area contributed by atoms with Crippen molar-refractivity contribution in [3.8, 4) is 0 Å². The molecule has 1 rings (SSSR count). The Morgan fingerprint density at radius 1 is 1.45 bits per heavy atom. The Morgan fingerprint density at radius 2 is 1.82 bits per heavy atom. The largest absolute Gasteiger partial charge is 0.317 e. The van der Waals surface area contributed by atoms with E-state index in [0.717, 1.165) is 0 Å². The van der Waals surface area contributed by atoms with E-state index in [1.807, 2.05) is 17.7 Å². The molecule has 0 saturated carbocycles. The second kappa shape index (κ2) is 5.57. The number of hydrogen-bond donors (Lipinski definition) is 3. The van der Waals surface area contributed by atoms with Crippen molar-refractivity contribution in [2.45, 2.75) is 6.92 Å². The first-order valence-corrected chi connectivity index (χ1v) is 3.10. The molecule has 0 spiro atoms. The van der Waals surface area contributed by atoms with Gasteiger partial charge in [-0.25, -0.2) is 5.48 Å². The summed E-state index contributed by atoms with van der Waals surface area (Å²) in [5.74, 6) is -0.657. The fourth-order valence-corrected chi connectivity index (χ4v) is 0.356. The summed E-state index contributed by atoms with van der Waals surface area (Å²) < 4.78 is 0. The van der Waals surface area contributed by atoms with E-state index in [1.165, 1.54) is 12.2 Å². The SMILES string of the molecule is CCNO.O=C1C=CC(=O)N1. The lowest BCUT2D eigenvalue weighted by molar-refractivity contribution is -0.123. The van der Waals surface area contributed by atoms with Crippen LogP contribution in [0.15, 0.2) is 12.2 Å². The number of carbonyl (C=O) groups excluding carboxylic acids is 2. The van der Waals surface area contributed by atoms with Crippen LogP contribution < -0.4 is 10.8 Å². The molecule has 5 heteroatoms. The average Bonchev–Trinajstić information content (AvgIpc) is 2.35. The second-order valence-corrected chi connectivity index (χ2v) is 1.70. The van der Waals surface area contributed by atoms with Gasteiger partial charge in [0.2, 0.25) is 0 Å². The number of amides is 2. The molecule has 0 unspecified atom stereocenters. The molecule has 0 aliphatic carbocycles. The van der Waals surface area contributed by atoms with Crippen molar-refractivity contribution < 1.29 is 14.8 Å². The summed E-state index contributed by atoms with van der Waals surface area (Å²) >= 11 is 0. The lowest BCUT2D eigenvalue weighted by atomic mass is 10.6. The van der Waals surface area contributed by atoms with E-state index in [4.69, 9.17) is 5.21 Å². The van der Waals surface area contributed by atoms with Gasteiger partial charge < -0.3 is 5.21 Å². The number of nitrogens with one attached hydrogen (secondary N) is 2. The zero-order valence-corrected chi connectivity index (χ0v) is 6.13. The molecule has 0 aromatic carbocycles. The molecule has 0 aromatic rings. The Morgan fingerprint density at radius 3 is 1.91 bits per heavy atom. The highest BCUT2D eigenvalue weighted by atomic mass is 16.5. The lowest BCUT2D eigenvalue weighted by Crippen LogP contribution is -2.19. The summed E-state index contributed by atoms with van der Waals surface area (Å²) in [4.78, 5) is 20.1. The van der Waals surface area contributed by atoms with Crippen molar-refractivity contribution in [3.05, 3.63) is 12.2 Å². The van der Waals surface area contributed by atoms with E-state index in [1.54, 1.807) is 0 Å². The molecule has 0 fully saturated rings. The minimum Gasteiger partial charge on any atom is -0.317 e. The number of rotatable bonds is 1. The van der Waals surface area contributed by atoms with E-state index in [2.05, 4.69) is 0 Å². The van der Waals surface area contributed by atoms with Gasteiger partial charge in [-0.3, -0.25) is 14.9 Å². The van der Waals surface area contributed by atoms with E-state index in [-0.39, 0.29) is 11.8 Å². The topological polar surface area (TPSA) is 78.4 Å². The first-order valence-electron chi connectivity index (χ1n) is 3.10. The predicted octanol–water partition coefficient (Wildman–Crippen LogP) is -0.816. The van der Waals surface area contributed by atoms with Crippen LogP contribution in [0.2, 0.25) is 0 Å². The van der Waals surface area contributed by atoms with Gasteiger partial charge in [-0.1, -0.05) is 6.92 Å². The third-order valence-corrected chi connectivity index (χ3v) is 0.791. The number of carbonyl (C=O) groups is 2. The zero-order valence-electron chi connectivity index (χ0n) is 6.13. The third kappa shape index (κ3) is 5.25. The van der Waals surface area contributed by atoms with E-state index >= 15 is 0 Å². The standard InChI is InChI=1S/C4H3NO2.C2H7NO/c6-3-1-2-4(7)5-3;1-2-3-4/h1-2H,(H,5,6,7);3-4H,2H2,1H3. The van der Waals surface area contributed by atoms with E-state index in [9.17, 15) is 9.59 Å². The van der Waals surface area contributed by atoms with Crippen LogP contribution in [0.25, 0.3) is 0 Å². The molecular formula is C6H10N2O3. The Kier molecular flexibility index (Phi) is 4.97. The maximum absolute atomic E-state index is 10.0. The van der Waals surface area contributed by atoms with E-state index in [0.29, 0.717) is 6.54 Å². The molecule has 62 valence electrons. The summed E-state index contributed by atoms with van der Waals surface area (Å²) in [6.45, 7) is 2.44. The normalized spacial score (nSPS) is 14.0. The number of hydroxylamine groups is 1. The first kappa shape index (κ1) is 9.80. The Labute approximate surface area is 64.0 Å². The molecule has 0 radical (unpaired) electrons. The van der Waals surface area contributed by atoms with Crippen LogP contribution in [0.4, 0.5) is 0 Å². The fraction of sp³-hybridized carbons (Fsp3) is 0.333. The Hall–Kier alpha value is -1.20. The van der Waals surface area contributed by atoms with Crippen LogP contribution in [0.5, 0.6) is 0 Å². The van der Waals surface area contributed by atoms with Crippen LogP contribution in [0.1, 0.15) is 6.92 Å². The van der Waals surface area contributed by atoms with Gasteiger partial charge in [-0.05, 0) is 0 Å². The molecule has 1 aliphatic rings. The summed E-state index contributed by atoms with van der Waals surface area (Å²) in [6.07, 6.45) is 2.39. The summed E-state index contributed by atoms with van der Waals surface area (Å²) in [7, 11) is 0. The number of imide groups is 1. The van der Waals surface area contributed by atoms with Gasteiger partial charge >= 0.3 is 0 Å². The Bertz CT molecular complexity index is 159. The molecule has 0 aromatic heterocycles. The third-order valence-electron chi connectivity index (χ3n) is 0.791. The molecular weight excluding hydrogens is 148 g/mol. The Balaban J connectivity index is 0.000000218. The predicted molar refractivity (Wildman–Crippen MR) is 37.8 cm³/mol. The second-order valence-electron chi connectivity index (χ2n) is 1.70. The molecule has 0 saturated heterocycles. The van der Waals surface area contributed by atoms with Gasteiger partial charge in [-0.2, -0.15) is 0 Å². The van der Waals surface area contributed by atoms with Crippen molar-refractivity contribution >= 4 is 11.8 Å². The highest BCUT2D eigenvalue weighted by Gasteiger charge is 2.06. The quantitative estimate of drug-likeness (QED) is 0.344. The van der Waals surface area contributed by atoms with Gasteiger partial charge in [0.15, 0.2) is 0 Å². The maximum Gasteiger partial charge on any atom is 0.250 e. The summed E-state index contributed by atoms with van der Waals surface area (Å²) in [5.41, 5.74) is 1.93. The molecule has 1 heterocycles. The minimum absolute atomic E-state index is 0.329. The summed E-state index contributed by atoms with van der Waals surface area (Å²) in [5, 5.41) is 9.65. The highest BCUT2D eigenvalue weighted by molar-refractivity contribution is 6.12. The van der Waals surface area contributed by atoms with Gasteiger partial charge in [-0.15, -0.1) is 0 Å². The van der Waals surface area contributed by atoms with Crippen molar-refractivity contribution in [2.24, 2.45) is 0 Å².